The zero-order chi connectivity index (χ0) is 13.3. The van der Waals surface area contributed by atoms with E-state index < -0.39 is 10.0 Å². The fraction of sp³-hybridized carbons (Fsp3) is 0.500. The van der Waals surface area contributed by atoms with E-state index in [0.29, 0.717) is 18.7 Å². The van der Waals surface area contributed by atoms with Gasteiger partial charge in [-0.1, -0.05) is 0 Å². The number of aliphatic hydroxyl groups is 1. The van der Waals surface area contributed by atoms with E-state index in [9.17, 15) is 13.5 Å². The van der Waals surface area contributed by atoms with Crippen molar-refractivity contribution in [1.82, 2.24) is 4.31 Å². The smallest absolute Gasteiger partial charge is 0.243 e. The molecule has 100 valence electrons. The molecule has 0 spiro atoms. The molecule has 1 aromatic carbocycles. The number of anilines is 1. The number of hydrogen-bond acceptors (Lipinski definition) is 4. The molecule has 0 bridgehead atoms. The van der Waals surface area contributed by atoms with Crippen molar-refractivity contribution < 1.29 is 13.5 Å². The molecule has 6 heteroatoms. The SMILES string of the molecule is Cc1cc(S(=O)(=O)N2CCC[C@H]2CO)ccc1N. The minimum absolute atomic E-state index is 0.132. The van der Waals surface area contributed by atoms with Gasteiger partial charge in [-0.25, -0.2) is 8.42 Å². The van der Waals surface area contributed by atoms with Crippen molar-refractivity contribution in [2.45, 2.75) is 30.7 Å². The Balaban J connectivity index is 2.38. The van der Waals surface area contributed by atoms with Crippen LogP contribution in [0.25, 0.3) is 0 Å². The van der Waals surface area contributed by atoms with Crippen LogP contribution in [0.2, 0.25) is 0 Å². The van der Waals surface area contributed by atoms with Gasteiger partial charge in [-0.2, -0.15) is 4.31 Å². The molecule has 5 nitrogen and oxygen atoms in total. The molecule has 0 aliphatic carbocycles. The lowest BCUT2D eigenvalue weighted by atomic mass is 10.2. The Morgan fingerprint density at radius 1 is 1.50 bits per heavy atom. The summed E-state index contributed by atoms with van der Waals surface area (Å²) in [4.78, 5) is 0.245. The molecule has 0 unspecified atom stereocenters. The maximum Gasteiger partial charge on any atom is 0.243 e. The predicted molar refractivity (Wildman–Crippen MR) is 69.6 cm³/mol. The third-order valence-electron chi connectivity index (χ3n) is 3.38. The van der Waals surface area contributed by atoms with Crippen LogP contribution in [0.4, 0.5) is 5.69 Å². The number of nitrogen functional groups attached to an aromatic ring is 1. The Labute approximate surface area is 107 Å². The highest BCUT2D eigenvalue weighted by Gasteiger charge is 2.34. The molecule has 1 aliphatic rings. The van der Waals surface area contributed by atoms with Gasteiger partial charge in [0.05, 0.1) is 11.5 Å². The Bertz CT molecular complexity index is 542. The number of sulfonamides is 1. The lowest BCUT2D eigenvalue weighted by Gasteiger charge is -2.22. The van der Waals surface area contributed by atoms with Crippen LogP contribution in [0.3, 0.4) is 0 Å². The molecular weight excluding hydrogens is 252 g/mol. The molecule has 0 saturated carbocycles. The molecule has 1 atom stereocenters. The van der Waals surface area contributed by atoms with Crippen LogP contribution < -0.4 is 5.73 Å². The second-order valence-corrected chi connectivity index (χ2v) is 6.50. The van der Waals surface area contributed by atoms with Crippen LogP contribution in [0.5, 0.6) is 0 Å². The van der Waals surface area contributed by atoms with Crippen LogP contribution in [0.1, 0.15) is 18.4 Å². The molecule has 18 heavy (non-hydrogen) atoms. The van der Waals surface area contributed by atoms with Gasteiger partial charge in [0.25, 0.3) is 0 Å². The van der Waals surface area contributed by atoms with Gasteiger partial charge in [0.2, 0.25) is 10.0 Å². The molecule has 0 aromatic heterocycles. The Kier molecular flexibility index (Phi) is 3.61. The fourth-order valence-corrected chi connectivity index (χ4v) is 4.02. The van der Waals surface area contributed by atoms with E-state index in [1.807, 2.05) is 0 Å². The monoisotopic (exact) mass is 270 g/mol. The van der Waals surface area contributed by atoms with Gasteiger partial charge >= 0.3 is 0 Å². The van der Waals surface area contributed by atoms with Gasteiger partial charge in [0, 0.05) is 18.3 Å². The summed E-state index contributed by atoms with van der Waals surface area (Å²) in [6, 6.07) is 4.40. The topological polar surface area (TPSA) is 83.6 Å². The van der Waals surface area contributed by atoms with Crippen LogP contribution in [0.15, 0.2) is 23.1 Å². The second-order valence-electron chi connectivity index (χ2n) is 4.61. The van der Waals surface area contributed by atoms with E-state index in [2.05, 4.69) is 0 Å². The molecule has 1 aliphatic heterocycles. The normalized spacial score (nSPS) is 21.3. The number of hydrogen-bond donors (Lipinski definition) is 2. The highest BCUT2D eigenvalue weighted by molar-refractivity contribution is 7.89. The van der Waals surface area contributed by atoms with E-state index in [0.717, 1.165) is 12.0 Å². The third kappa shape index (κ3) is 2.23. The minimum Gasteiger partial charge on any atom is -0.399 e. The summed E-state index contributed by atoms with van der Waals surface area (Å²) in [5.41, 5.74) is 7.01. The molecule has 1 saturated heterocycles. The Hall–Kier alpha value is -1.11. The molecule has 2 rings (SSSR count). The molecule has 0 amide bonds. The number of aliphatic hydroxyl groups excluding tert-OH is 1. The highest BCUT2D eigenvalue weighted by Crippen LogP contribution is 2.27. The highest BCUT2D eigenvalue weighted by atomic mass is 32.2. The average Bonchev–Trinajstić information content (AvgIpc) is 2.81. The maximum absolute atomic E-state index is 12.4. The average molecular weight is 270 g/mol. The lowest BCUT2D eigenvalue weighted by Crippen LogP contribution is -2.37. The summed E-state index contributed by atoms with van der Waals surface area (Å²) in [5.74, 6) is 0. The molecule has 0 radical (unpaired) electrons. The summed E-state index contributed by atoms with van der Waals surface area (Å²) >= 11 is 0. The van der Waals surface area contributed by atoms with Crippen LogP contribution in [0, 0.1) is 6.92 Å². The Morgan fingerprint density at radius 3 is 2.83 bits per heavy atom. The largest absolute Gasteiger partial charge is 0.399 e. The third-order valence-corrected chi connectivity index (χ3v) is 5.33. The molecule has 1 fully saturated rings. The first kappa shape index (κ1) is 13.3. The number of benzene rings is 1. The van der Waals surface area contributed by atoms with Crippen molar-refractivity contribution >= 4 is 15.7 Å². The van der Waals surface area contributed by atoms with Gasteiger partial charge < -0.3 is 10.8 Å². The van der Waals surface area contributed by atoms with Crippen LogP contribution in [-0.2, 0) is 10.0 Å². The fourth-order valence-electron chi connectivity index (χ4n) is 2.25. The molecule has 1 aromatic rings. The van der Waals surface area contributed by atoms with Crippen molar-refractivity contribution in [3.8, 4) is 0 Å². The van der Waals surface area contributed by atoms with Crippen molar-refractivity contribution in [2.75, 3.05) is 18.9 Å². The van der Waals surface area contributed by atoms with Crippen molar-refractivity contribution in [1.29, 1.82) is 0 Å². The van der Waals surface area contributed by atoms with Gasteiger partial charge in [0.15, 0.2) is 0 Å². The van der Waals surface area contributed by atoms with Gasteiger partial charge in [-0.05, 0) is 43.5 Å². The van der Waals surface area contributed by atoms with E-state index in [-0.39, 0.29) is 17.5 Å². The summed E-state index contributed by atoms with van der Waals surface area (Å²) in [7, 11) is -3.52. The van der Waals surface area contributed by atoms with Gasteiger partial charge in [-0.15, -0.1) is 0 Å². The molecule has 3 N–H and O–H groups in total. The Morgan fingerprint density at radius 2 is 2.22 bits per heavy atom. The van der Waals surface area contributed by atoms with Gasteiger partial charge in [-0.3, -0.25) is 0 Å². The zero-order valence-corrected chi connectivity index (χ0v) is 11.2. The van der Waals surface area contributed by atoms with Crippen LogP contribution >= 0.6 is 0 Å². The minimum atomic E-state index is -3.52. The van der Waals surface area contributed by atoms with Gasteiger partial charge in [0.1, 0.15) is 0 Å². The summed E-state index contributed by atoms with van der Waals surface area (Å²) < 4.78 is 26.3. The maximum atomic E-state index is 12.4. The first-order valence-electron chi connectivity index (χ1n) is 5.95. The van der Waals surface area contributed by atoms with E-state index >= 15 is 0 Å². The summed E-state index contributed by atoms with van der Waals surface area (Å²) in [6.07, 6.45) is 1.50. The predicted octanol–water partition coefficient (Wildman–Crippen LogP) is 0.723. The first-order valence-corrected chi connectivity index (χ1v) is 7.39. The molecular formula is C12H18N2O3S. The van der Waals surface area contributed by atoms with Crippen molar-refractivity contribution in [3.63, 3.8) is 0 Å². The quantitative estimate of drug-likeness (QED) is 0.793. The van der Waals surface area contributed by atoms with E-state index in [4.69, 9.17) is 5.73 Å². The standard InChI is InChI=1S/C12H18N2O3S/c1-9-7-11(4-5-12(9)13)18(16,17)14-6-2-3-10(14)8-15/h4-5,7,10,15H,2-3,6,8,13H2,1H3/t10-/m0/s1. The zero-order valence-electron chi connectivity index (χ0n) is 10.3. The van der Waals surface area contributed by atoms with Crippen LogP contribution in [-0.4, -0.2) is 37.0 Å². The first-order chi connectivity index (χ1) is 8.46. The lowest BCUT2D eigenvalue weighted by molar-refractivity contribution is 0.213. The summed E-state index contributed by atoms with van der Waals surface area (Å²) in [5, 5.41) is 9.22. The second kappa shape index (κ2) is 4.87. The van der Waals surface area contributed by atoms with E-state index in [1.54, 1.807) is 19.1 Å². The summed E-state index contributed by atoms with van der Waals surface area (Å²) in [6.45, 7) is 2.12. The molecule has 1 heterocycles. The number of nitrogens with two attached hydrogens (primary N) is 1. The van der Waals surface area contributed by atoms with E-state index in [1.165, 1.54) is 10.4 Å². The van der Waals surface area contributed by atoms with Crippen molar-refractivity contribution in [3.05, 3.63) is 23.8 Å². The number of aryl methyl sites for hydroxylation is 1. The van der Waals surface area contributed by atoms with Crippen molar-refractivity contribution in [2.24, 2.45) is 0 Å². The number of rotatable bonds is 3. The number of nitrogens with zero attached hydrogens (tertiary/aromatic N) is 1.